The lowest BCUT2D eigenvalue weighted by Gasteiger charge is -2.29. The van der Waals surface area contributed by atoms with Gasteiger partial charge in [0.15, 0.2) is 0 Å². The summed E-state index contributed by atoms with van der Waals surface area (Å²) in [4.78, 5) is 11.6. The molecule has 7 nitrogen and oxygen atoms in total. The molecule has 2 aliphatic rings. The molecule has 0 radical (unpaired) electrons. The van der Waals surface area contributed by atoms with Crippen molar-refractivity contribution in [1.29, 1.82) is 0 Å². The fraction of sp³-hybridized carbons (Fsp3) is 0.619. The number of hydrogen-bond donors (Lipinski definition) is 2. The molecule has 1 atom stereocenters. The van der Waals surface area contributed by atoms with Gasteiger partial charge in [-0.25, -0.2) is 4.98 Å². The zero-order valence-electron chi connectivity index (χ0n) is 16.9. The third-order valence-corrected chi connectivity index (χ3v) is 5.68. The van der Waals surface area contributed by atoms with Crippen LogP contribution >= 0.6 is 0 Å². The first-order valence-electron chi connectivity index (χ1n) is 10.3. The number of aromatic nitrogens is 2. The predicted octanol–water partition coefficient (Wildman–Crippen LogP) is 2.63. The smallest absolute Gasteiger partial charge is 0.225 e. The van der Waals surface area contributed by atoms with Crippen LogP contribution in [0, 0.1) is 5.92 Å². The Labute approximate surface area is 166 Å². The number of hydrogen-bond acceptors (Lipinski definition) is 7. The van der Waals surface area contributed by atoms with Gasteiger partial charge in [0, 0.05) is 32.1 Å². The second-order valence-corrected chi connectivity index (χ2v) is 8.08. The molecule has 1 aromatic carbocycles. The summed E-state index contributed by atoms with van der Waals surface area (Å²) in [7, 11) is 4.05. The van der Waals surface area contributed by atoms with E-state index >= 15 is 0 Å². The fourth-order valence-electron chi connectivity index (χ4n) is 4.10. The van der Waals surface area contributed by atoms with Crippen LogP contribution in [0.4, 0.5) is 11.8 Å². The van der Waals surface area contributed by atoms with Gasteiger partial charge in [-0.1, -0.05) is 12.1 Å². The van der Waals surface area contributed by atoms with Crippen LogP contribution in [-0.4, -0.2) is 62.7 Å². The van der Waals surface area contributed by atoms with Crippen LogP contribution in [0.3, 0.4) is 0 Å². The normalized spacial score (nSPS) is 25.1. The van der Waals surface area contributed by atoms with Crippen LogP contribution in [0.1, 0.15) is 25.7 Å². The summed E-state index contributed by atoms with van der Waals surface area (Å²) >= 11 is 0. The molecule has 1 saturated carbocycles. The Kier molecular flexibility index (Phi) is 6.24. The van der Waals surface area contributed by atoms with Crippen molar-refractivity contribution >= 4 is 22.7 Å². The summed E-state index contributed by atoms with van der Waals surface area (Å²) in [5.41, 5.74) is 0.986. The van der Waals surface area contributed by atoms with Crippen molar-refractivity contribution in [1.82, 2.24) is 15.3 Å². The lowest BCUT2D eigenvalue weighted by Crippen LogP contribution is -2.35. The molecule has 152 valence electrons. The van der Waals surface area contributed by atoms with Crippen molar-refractivity contribution < 1.29 is 9.47 Å². The van der Waals surface area contributed by atoms with E-state index in [1.807, 2.05) is 26.2 Å². The molecule has 2 N–H and O–H groups in total. The quantitative estimate of drug-likeness (QED) is 0.759. The topological polar surface area (TPSA) is 71.5 Å². The summed E-state index contributed by atoms with van der Waals surface area (Å²) in [6, 6.07) is 8.64. The van der Waals surface area contributed by atoms with Gasteiger partial charge >= 0.3 is 0 Å². The first-order chi connectivity index (χ1) is 13.7. The van der Waals surface area contributed by atoms with Gasteiger partial charge in [0.2, 0.25) is 5.95 Å². The van der Waals surface area contributed by atoms with E-state index in [0.717, 1.165) is 54.5 Å². The first-order valence-corrected chi connectivity index (χ1v) is 10.3. The number of fused-ring (bicyclic) bond motifs is 1. The zero-order chi connectivity index (χ0) is 19.3. The SMILES string of the molecule is CN(C)c1nc(NC2CCC(CNCC3COCO3)CC2)nc2ccccc12. The van der Waals surface area contributed by atoms with Crippen molar-refractivity contribution in [2.24, 2.45) is 5.92 Å². The molecule has 1 unspecified atom stereocenters. The number of nitrogens with one attached hydrogen (secondary N) is 2. The maximum absolute atomic E-state index is 5.47. The van der Waals surface area contributed by atoms with Gasteiger partial charge in [-0.05, 0) is 50.3 Å². The van der Waals surface area contributed by atoms with Crippen LogP contribution in [0.25, 0.3) is 10.9 Å². The highest BCUT2D eigenvalue weighted by molar-refractivity contribution is 5.90. The van der Waals surface area contributed by atoms with Crippen LogP contribution in [-0.2, 0) is 9.47 Å². The number of rotatable bonds is 7. The van der Waals surface area contributed by atoms with Crippen molar-refractivity contribution in [2.45, 2.75) is 37.8 Å². The van der Waals surface area contributed by atoms with Crippen LogP contribution in [0.5, 0.6) is 0 Å². The van der Waals surface area contributed by atoms with E-state index in [-0.39, 0.29) is 6.10 Å². The van der Waals surface area contributed by atoms with Gasteiger partial charge < -0.3 is 25.0 Å². The lowest BCUT2D eigenvalue weighted by atomic mass is 9.86. The van der Waals surface area contributed by atoms with Crippen LogP contribution in [0.15, 0.2) is 24.3 Å². The van der Waals surface area contributed by atoms with E-state index < -0.39 is 0 Å². The monoisotopic (exact) mass is 385 g/mol. The van der Waals surface area contributed by atoms with Gasteiger partial charge in [0.05, 0.1) is 18.2 Å². The number of nitrogens with zero attached hydrogens (tertiary/aromatic N) is 3. The average Bonchev–Trinajstić information content (AvgIpc) is 3.22. The Balaban J connectivity index is 1.29. The predicted molar refractivity (Wildman–Crippen MR) is 112 cm³/mol. The van der Waals surface area contributed by atoms with Crippen molar-refractivity contribution in [3.05, 3.63) is 24.3 Å². The van der Waals surface area contributed by atoms with E-state index in [9.17, 15) is 0 Å². The van der Waals surface area contributed by atoms with Gasteiger partial charge in [-0.15, -0.1) is 0 Å². The number of ether oxygens (including phenoxy) is 2. The van der Waals surface area contributed by atoms with E-state index in [0.29, 0.717) is 19.4 Å². The van der Waals surface area contributed by atoms with Crippen molar-refractivity contribution in [3.63, 3.8) is 0 Å². The summed E-state index contributed by atoms with van der Waals surface area (Å²) in [5.74, 6) is 2.43. The zero-order valence-corrected chi connectivity index (χ0v) is 16.9. The Bertz CT molecular complexity index is 770. The third-order valence-electron chi connectivity index (χ3n) is 5.68. The Morgan fingerprint density at radius 2 is 1.89 bits per heavy atom. The minimum Gasteiger partial charge on any atom is -0.362 e. The molecule has 1 aromatic heterocycles. The highest BCUT2D eigenvalue weighted by atomic mass is 16.7. The molecule has 1 aliphatic heterocycles. The highest BCUT2D eigenvalue weighted by Crippen LogP contribution is 2.28. The van der Waals surface area contributed by atoms with Gasteiger partial charge in [-0.3, -0.25) is 0 Å². The number of anilines is 2. The van der Waals surface area contributed by atoms with Gasteiger partial charge in [0.25, 0.3) is 0 Å². The van der Waals surface area contributed by atoms with E-state index in [1.165, 1.54) is 12.8 Å². The molecule has 2 aromatic rings. The molecule has 0 spiro atoms. The van der Waals surface area contributed by atoms with Gasteiger partial charge in [-0.2, -0.15) is 4.98 Å². The number of para-hydroxylation sites is 1. The van der Waals surface area contributed by atoms with Gasteiger partial charge in [0.1, 0.15) is 12.6 Å². The molecule has 2 fully saturated rings. The molecule has 1 saturated heterocycles. The average molecular weight is 386 g/mol. The van der Waals surface area contributed by atoms with Crippen LogP contribution < -0.4 is 15.5 Å². The first kappa shape index (κ1) is 19.4. The molecule has 4 rings (SSSR count). The highest BCUT2D eigenvalue weighted by Gasteiger charge is 2.23. The van der Waals surface area contributed by atoms with E-state index in [1.54, 1.807) is 0 Å². The summed E-state index contributed by atoms with van der Waals surface area (Å²) < 4.78 is 10.7. The van der Waals surface area contributed by atoms with E-state index in [4.69, 9.17) is 19.4 Å². The van der Waals surface area contributed by atoms with E-state index in [2.05, 4.69) is 27.7 Å². The number of benzene rings is 1. The Morgan fingerprint density at radius 3 is 2.64 bits per heavy atom. The van der Waals surface area contributed by atoms with Crippen molar-refractivity contribution in [2.75, 3.05) is 50.8 Å². The summed E-state index contributed by atoms with van der Waals surface area (Å²) in [5, 5.41) is 8.22. The minimum atomic E-state index is 0.217. The Morgan fingerprint density at radius 1 is 1.07 bits per heavy atom. The molecule has 1 aliphatic carbocycles. The standard InChI is InChI=1S/C21H31N5O2/c1-26(2)20-18-5-3-4-6-19(18)24-21(25-20)23-16-9-7-15(8-10-16)11-22-12-17-13-27-14-28-17/h3-6,15-17,22H,7-14H2,1-2H3,(H,23,24,25). The van der Waals surface area contributed by atoms with Crippen molar-refractivity contribution in [3.8, 4) is 0 Å². The second kappa shape index (κ2) is 9.03. The van der Waals surface area contributed by atoms with Crippen LogP contribution in [0.2, 0.25) is 0 Å². The minimum absolute atomic E-state index is 0.217. The maximum Gasteiger partial charge on any atom is 0.225 e. The third kappa shape index (κ3) is 4.71. The summed E-state index contributed by atoms with van der Waals surface area (Å²) in [6.07, 6.45) is 4.97. The Hall–Kier alpha value is -1.96. The molecule has 28 heavy (non-hydrogen) atoms. The lowest BCUT2D eigenvalue weighted by molar-refractivity contribution is 0.0466. The fourth-order valence-corrected chi connectivity index (χ4v) is 4.10. The molecular weight excluding hydrogens is 354 g/mol. The molecule has 2 heterocycles. The molecular formula is C21H31N5O2. The molecule has 7 heteroatoms. The molecule has 0 amide bonds. The second-order valence-electron chi connectivity index (χ2n) is 8.08. The molecule has 0 bridgehead atoms. The maximum atomic E-state index is 5.47. The largest absolute Gasteiger partial charge is 0.362 e. The summed E-state index contributed by atoms with van der Waals surface area (Å²) in [6.45, 7) is 3.10.